The molecule has 138 valence electrons. The van der Waals surface area contributed by atoms with E-state index in [1.54, 1.807) is 4.90 Å². The fourth-order valence-electron chi connectivity index (χ4n) is 3.03. The van der Waals surface area contributed by atoms with E-state index in [2.05, 4.69) is 10.2 Å². The number of benzene rings is 1. The minimum Gasteiger partial charge on any atom is -0.492 e. The van der Waals surface area contributed by atoms with Gasteiger partial charge >= 0.3 is 6.03 Å². The Morgan fingerprint density at radius 3 is 2.40 bits per heavy atom. The molecule has 3 N–H and O–H groups in total. The van der Waals surface area contributed by atoms with Crippen LogP contribution in [0.3, 0.4) is 0 Å². The van der Waals surface area contributed by atoms with E-state index in [-0.39, 0.29) is 11.8 Å². The molecule has 1 aliphatic rings. The van der Waals surface area contributed by atoms with Gasteiger partial charge in [0.2, 0.25) is 5.91 Å². The van der Waals surface area contributed by atoms with Crippen LogP contribution in [0.5, 0.6) is 5.75 Å². The molecule has 1 aromatic rings. The second-order valence-electron chi connectivity index (χ2n) is 6.44. The summed E-state index contributed by atoms with van der Waals surface area (Å²) in [4.78, 5) is 27.9. The highest BCUT2D eigenvalue weighted by atomic mass is 16.5. The van der Waals surface area contributed by atoms with E-state index in [1.165, 1.54) is 0 Å². The zero-order valence-electron chi connectivity index (χ0n) is 15.2. The van der Waals surface area contributed by atoms with Crippen LogP contribution in [-0.2, 0) is 4.79 Å². The van der Waals surface area contributed by atoms with E-state index < -0.39 is 12.1 Å². The molecule has 0 spiro atoms. The number of rotatable bonds is 6. The number of nitrogens with one attached hydrogen (secondary N) is 1. The van der Waals surface area contributed by atoms with Gasteiger partial charge in [-0.2, -0.15) is 0 Å². The fourth-order valence-corrected chi connectivity index (χ4v) is 3.03. The number of amides is 3. The van der Waals surface area contributed by atoms with Gasteiger partial charge in [-0.15, -0.1) is 0 Å². The van der Waals surface area contributed by atoms with Crippen LogP contribution in [0.2, 0.25) is 0 Å². The van der Waals surface area contributed by atoms with Crippen LogP contribution in [-0.4, -0.2) is 55.7 Å². The van der Waals surface area contributed by atoms with Crippen molar-refractivity contribution in [3.8, 4) is 5.75 Å². The van der Waals surface area contributed by atoms with Gasteiger partial charge in [-0.1, -0.05) is 26.0 Å². The quantitative estimate of drug-likeness (QED) is 0.814. The number of para-hydroxylation sites is 2. The zero-order chi connectivity index (χ0) is 18.4. The summed E-state index contributed by atoms with van der Waals surface area (Å²) in [6, 6.07) is 6.68. The molecule has 1 aromatic carbocycles. The van der Waals surface area contributed by atoms with E-state index in [9.17, 15) is 9.59 Å². The third kappa shape index (κ3) is 4.78. The maximum Gasteiger partial charge on any atom is 0.312 e. The smallest absolute Gasteiger partial charge is 0.312 e. The molecule has 0 aliphatic carbocycles. The molecule has 1 unspecified atom stereocenters. The Kier molecular flexibility index (Phi) is 6.50. The number of nitrogens with zero attached hydrogens (tertiary/aromatic N) is 2. The second-order valence-corrected chi connectivity index (χ2v) is 6.44. The number of anilines is 1. The molecule has 0 aromatic heterocycles. The summed E-state index contributed by atoms with van der Waals surface area (Å²) in [5, 5.41) is 2.56. The molecular formula is C18H28N4O3. The highest BCUT2D eigenvalue weighted by Crippen LogP contribution is 2.28. The molecular weight excluding hydrogens is 320 g/mol. The maximum absolute atomic E-state index is 12.7. The summed E-state index contributed by atoms with van der Waals surface area (Å²) in [5.41, 5.74) is 6.25. The first-order valence-electron chi connectivity index (χ1n) is 8.75. The third-order valence-corrected chi connectivity index (χ3v) is 4.33. The van der Waals surface area contributed by atoms with Crippen molar-refractivity contribution in [3.05, 3.63) is 24.3 Å². The molecule has 1 aliphatic heterocycles. The van der Waals surface area contributed by atoms with E-state index in [0.29, 0.717) is 19.7 Å². The predicted molar refractivity (Wildman–Crippen MR) is 97.7 cm³/mol. The van der Waals surface area contributed by atoms with Crippen molar-refractivity contribution in [1.29, 1.82) is 0 Å². The average Bonchev–Trinajstić information content (AvgIpc) is 2.60. The number of hydrogen-bond acceptors (Lipinski definition) is 4. The van der Waals surface area contributed by atoms with Crippen molar-refractivity contribution in [2.75, 3.05) is 37.7 Å². The van der Waals surface area contributed by atoms with E-state index in [1.807, 2.05) is 45.0 Å². The van der Waals surface area contributed by atoms with Crippen LogP contribution in [0.4, 0.5) is 10.5 Å². The predicted octanol–water partition coefficient (Wildman–Crippen LogP) is 1.43. The fraction of sp³-hybridized carbons (Fsp3) is 0.556. The third-order valence-electron chi connectivity index (χ3n) is 4.33. The summed E-state index contributed by atoms with van der Waals surface area (Å²) in [6.45, 7) is 9.01. The summed E-state index contributed by atoms with van der Waals surface area (Å²) in [7, 11) is 0. The summed E-state index contributed by atoms with van der Waals surface area (Å²) >= 11 is 0. The lowest BCUT2D eigenvalue weighted by molar-refractivity contribution is -0.134. The highest BCUT2D eigenvalue weighted by molar-refractivity contribution is 5.87. The van der Waals surface area contributed by atoms with Gasteiger partial charge in [0.05, 0.1) is 12.3 Å². The molecule has 7 nitrogen and oxygen atoms in total. The summed E-state index contributed by atoms with van der Waals surface area (Å²) in [6.07, 6.45) is 0. The van der Waals surface area contributed by atoms with Crippen molar-refractivity contribution in [2.45, 2.75) is 26.8 Å². The number of hydrogen-bond donors (Lipinski definition) is 2. The standard InChI is InChI=1S/C18H28N4O3/c1-4-25-15-8-6-5-7-14(15)21-9-11-22(12-10-21)17(23)16(13(2)3)20-18(19)24/h5-8,13,16H,4,9-12H2,1-3H3,(H3,19,20,24). The van der Waals surface area contributed by atoms with Crippen LogP contribution in [0.1, 0.15) is 20.8 Å². The van der Waals surface area contributed by atoms with Crippen LogP contribution in [0.25, 0.3) is 0 Å². The number of ether oxygens (including phenoxy) is 1. The molecule has 25 heavy (non-hydrogen) atoms. The van der Waals surface area contributed by atoms with Gasteiger partial charge in [0.15, 0.2) is 0 Å². The molecule has 2 rings (SSSR count). The minimum absolute atomic E-state index is 0.0169. The first kappa shape index (κ1) is 18.9. The lowest BCUT2D eigenvalue weighted by Crippen LogP contribution is -2.57. The molecule has 7 heteroatoms. The lowest BCUT2D eigenvalue weighted by Gasteiger charge is -2.38. The van der Waals surface area contributed by atoms with Crippen LogP contribution < -0.4 is 20.7 Å². The second kappa shape index (κ2) is 8.60. The number of urea groups is 1. The Balaban J connectivity index is 2.01. The molecule has 1 heterocycles. The van der Waals surface area contributed by atoms with Gasteiger partial charge in [0, 0.05) is 26.2 Å². The number of nitrogens with two attached hydrogens (primary N) is 1. The van der Waals surface area contributed by atoms with Crippen molar-refractivity contribution >= 4 is 17.6 Å². The van der Waals surface area contributed by atoms with Crippen LogP contribution in [0, 0.1) is 5.92 Å². The van der Waals surface area contributed by atoms with Crippen molar-refractivity contribution < 1.29 is 14.3 Å². The average molecular weight is 348 g/mol. The lowest BCUT2D eigenvalue weighted by atomic mass is 10.0. The summed E-state index contributed by atoms with van der Waals surface area (Å²) in [5.74, 6) is 0.767. The van der Waals surface area contributed by atoms with Gasteiger partial charge in [0.25, 0.3) is 0 Å². The van der Waals surface area contributed by atoms with E-state index in [4.69, 9.17) is 10.5 Å². The van der Waals surface area contributed by atoms with Crippen molar-refractivity contribution in [2.24, 2.45) is 11.7 Å². The Morgan fingerprint density at radius 1 is 1.20 bits per heavy atom. The van der Waals surface area contributed by atoms with Gasteiger partial charge in [-0.05, 0) is 25.0 Å². The number of carbonyl (C=O) groups excluding carboxylic acids is 2. The topological polar surface area (TPSA) is 87.9 Å². The van der Waals surface area contributed by atoms with Crippen LogP contribution in [0.15, 0.2) is 24.3 Å². The van der Waals surface area contributed by atoms with Gasteiger partial charge in [-0.25, -0.2) is 4.79 Å². The zero-order valence-corrected chi connectivity index (χ0v) is 15.2. The maximum atomic E-state index is 12.7. The van der Waals surface area contributed by atoms with Gasteiger partial charge in [0.1, 0.15) is 11.8 Å². The van der Waals surface area contributed by atoms with Gasteiger partial charge in [-0.3, -0.25) is 4.79 Å². The monoisotopic (exact) mass is 348 g/mol. The normalized spacial score (nSPS) is 15.8. The first-order valence-corrected chi connectivity index (χ1v) is 8.75. The molecule has 0 bridgehead atoms. The minimum atomic E-state index is -0.670. The van der Waals surface area contributed by atoms with Crippen molar-refractivity contribution in [3.63, 3.8) is 0 Å². The number of carbonyl (C=O) groups is 2. The van der Waals surface area contributed by atoms with Crippen LogP contribution >= 0.6 is 0 Å². The Bertz CT molecular complexity index is 598. The Morgan fingerprint density at radius 2 is 1.84 bits per heavy atom. The highest BCUT2D eigenvalue weighted by Gasteiger charge is 2.30. The number of primary amides is 1. The number of piperazine rings is 1. The molecule has 0 saturated carbocycles. The Hall–Kier alpha value is -2.44. The largest absolute Gasteiger partial charge is 0.492 e. The molecule has 3 amide bonds. The SMILES string of the molecule is CCOc1ccccc1N1CCN(C(=O)C(NC(N)=O)C(C)C)CC1. The first-order chi connectivity index (χ1) is 11.9. The van der Waals surface area contributed by atoms with E-state index >= 15 is 0 Å². The van der Waals surface area contributed by atoms with Gasteiger partial charge < -0.3 is 25.6 Å². The Labute approximate surface area is 149 Å². The molecule has 1 atom stereocenters. The molecule has 0 radical (unpaired) electrons. The molecule has 1 saturated heterocycles. The van der Waals surface area contributed by atoms with E-state index in [0.717, 1.165) is 24.5 Å². The van der Waals surface area contributed by atoms with Crippen molar-refractivity contribution in [1.82, 2.24) is 10.2 Å². The molecule has 1 fully saturated rings. The summed E-state index contributed by atoms with van der Waals surface area (Å²) < 4.78 is 5.69.